The molecule has 1 fully saturated rings. The molecule has 4 N–H and O–H groups in total. The number of benzene rings is 1. The highest BCUT2D eigenvalue weighted by molar-refractivity contribution is 5.78. The van der Waals surface area contributed by atoms with Crippen LogP contribution in [-0.4, -0.2) is 39.2 Å². The Hall–Kier alpha value is -1.59. The Balaban J connectivity index is 1.81. The van der Waals surface area contributed by atoms with E-state index in [0.717, 1.165) is 48.6 Å². The molecule has 17 heavy (non-hydrogen) atoms. The van der Waals surface area contributed by atoms with Gasteiger partial charge in [0.1, 0.15) is 5.82 Å². The summed E-state index contributed by atoms with van der Waals surface area (Å²) in [7, 11) is 0. The van der Waals surface area contributed by atoms with E-state index in [1.165, 1.54) is 0 Å². The molecule has 3 rings (SSSR count). The minimum Gasteiger partial charge on any atom is -0.399 e. The number of imidazole rings is 1. The number of hydrogen-bond acceptors (Lipinski definition) is 4. The molecular formula is C12H16N4O. The van der Waals surface area contributed by atoms with Crippen LogP contribution in [0.2, 0.25) is 0 Å². The highest BCUT2D eigenvalue weighted by Crippen LogP contribution is 2.17. The Kier molecular flexibility index (Phi) is 2.49. The van der Waals surface area contributed by atoms with Gasteiger partial charge >= 0.3 is 0 Å². The first-order valence-electron chi connectivity index (χ1n) is 5.85. The van der Waals surface area contributed by atoms with Gasteiger partial charge in [-0.15, -0.1) is 0 Å². The lowest BCUT2D eigenvalue weighted by atomic mass is 10.3. The number of fused-ring (bicyclic) bond motifs is 1. The third kappa shape index (κ3) is 2.11. The molecule has 0 saturated carbocycles. The molecule has 0 amide bonds. The number of nitrogens with zero attached hydrogens (tertiary/aromatic N) is 2. The van der Waals surface area contributed by atoms with Crippen molar-refractivity contribution in [2.24, 2.45) is 0 Å². The van der Waals surface area contributed by atoms with E-state index in [9.17, 15) is 5.11 Å². The molecule has 1 aromatic heterocycles. The molecular weight excluding hydrogens is 216 g/mol. The fourth-order valence-electron chi connectivity index (χ4n) is 2.32. The molecule has 1 aliphatic heterocycles. The smallest absolute Gasteiger partial charge is 0.121 e. The number of anilines is 1. The summed E-state index contributed by atoms with van der Waals surface area (Å²) in [6.07, 6.45) is 0.669. The SMILES string of the molecule is Nc1ccc2nc(CN3CCC(O)C3)[nH]c2c1. The number of likely N-dealkylation sites (tertiary alicyclic amines) is 1. The van der Waals surface area contributed by atoms with Crippen molar-refractivity contribution in [2.75, 3.05) is 18.8 Å². The summed E-state index contributed by atoms with van der Waals surface area (Å²) in [5.74, 6) is 0.930. The molecule has 2 heterocycles. The number of nitrogens with one attached hydrogen (secondary N) is 1. The van der Waals surface area contributed by atoms with E-state index in [0.29, 0.717) is 0 Å². The number of H-pyrrole nitrogens is 1. The normalized spacial score (nSPS) is 21.4. The van der Waals surface area contributed by atoms with Gasteiger partial charge in [0.25, 0.3) is 0 Å². The van der Waals surface area contributed by atoms with Gasteiger partial charge in [-0.25, -0.2) is 4.98 Å². The van der Waals surface area contributed by atoms with Gasteiger partial charge in [-0.05, 0) is 24.6 Å². The fourth-order valence-corrected chi connectivity index (χ4v) is 2.32. The highest BCUT2D eigenvalue weighted by atomic mass is 16.3. The van der Waals surface area contributed by atoms with Crippen LogP contribution in [0.5, 0.6) is 0 Å². The van der Waals surface area contributed by atoms with Crippen LogP contribution < -0.4 is 5.73 Å². The topological polar surface area (TPSA) is 78.2 Å². The fraction of sp³-hybridized carbons (Fsp3) is 0.417. The average Bonchev–Trinajstić information content (AvgIpc) is 2.84. The molecule has 1 atom stereocenters. The van der Waals surface area contributed by atoms with Crippen molar-refractivity contribution in [3.8, 4) is 0 Å². The van der Waals surface area contributed by atoms with Crippen molar-refractivity contribution in [1.82, 2.24) is 14.9 Å². The van der Waals surface area contributed by atoms with E-state index in [1.807, 2.05) is 18.2 Å². The van der Waals surface area contributed by atoms with E-state index in [1.54, 1.807) is 0 Å². The van der Waals surface area contributed by atoms with Gasteiger partial charge < -0.3 is 15.8 Å². The van der Waals surface area contributed by atoms with Crippen molar-refractivity contribution in [3.05, 3.63) is 24.0 Å². The standard InChI is InChI=1S/C12H16N4O/c13-8-1-2-10-11(5-8)15-12(14-10)7-16-4-3-9(17)6-16/h1-2,5,9,17H,3-4,6-7,13H2,(H,14,15). The molecule has 1 unspecified atom stereocenters. The van der Waals surface area contributed by atoms with Crippen molar-refractivity contribution in [3.63, 3.8) is 0 Å². The molecule has 90 valence electrons. The lowest BCUT2D eigenvalue weighted by Gasteiger charge is -2.12. The van der Waals surface area contributed by atoms with Crippen LogP contribution in [0.1, 0.15) is 12.2 Å². The summed E-state index contributed by atoms with van der Waals surface area (Å²) >= 11 is 0. The number of hydrogen-bond donors (Lipinski definition) is 3. The largest absolute Gasteiger partial charge is 0.399 e. The maximum atomic E-state index is 9.46. The molecule has 5 nitrogen and oxygen atoms in total. The van der Waals surface area contributed by atoms with Gasteiger partial charge in [-0.3, -0.25) is 4.90 Å². The molecule has 0 radical (unpaired) electrons. The quantitative estimate of drug-likeness (QED) is 0.666. The second kappa shape index (κ2) is 4.01. The number of rotatable bonds is 2. The number of nitrogens with two attached hydrogens (primary N) is 1. The Morgan fingerprint density at radius 2 is 2.41 bits per heavy atom. The number of aromatic amines is 1. The zero-order valence-corrected chi connectivity index (χ0v) is 9.56. The van der Waals surface area contributed by atoms with Gasteiger partial charge in [-0.2, -0.15) is 0 Å². The van der Waals surface area contributed by atoms with Crippen LogP contribution in [0.3, 0.4) is 0 Å². The van der Waals surface area contributed by atoms with Crippen LogP contribution in [0.4, 0.5) is 5.69 Å². The Bertz CT molecular complexity index is 536. The second-order valence-electron chi connectivity index (χ2n) is 4.64. The molecule has 2 aromatic rings. The maximum absolute atomic E-state index is 9.46. The van der Waals surface area contributed by atoms with E-state index in [2.05, 4.69) is 14.9 Å². The first-order chi connectivity index (χ1) is 8.20. The third-order valence-electron chi connectivity index (χ3n) is 3.18. The second-order valence-corrected chi connectivity index (χ2v) is 4.64. The van der Waals surface area contributed by atoms with Crippen molar-refractivity contribution in [2.45, 2.75) is 19.1 Å². The summed E-state index contributed by atoms with van der Waals surface area (Å²) in [5, 5.41) is 9.46. The Morgan fingerprint density at radius 1 is 1.53 bits per heavy atom. The zero-order valence-electron chi connectivity index (χ0n) is 9.56. The van der Waals surface area contributed by atoms with E-state index >= 15 is 0 Å². The van der Waals surface area contributed by atoms with Crippen molar-refractivity contribution >= 4 is 16.7 Å². The van der Waals surface area contributed by atoms with Crippen LogP contribution >= 0.6 is 0 Å². The van der Waals surface area contributed by atoms with Crippen LogP contribution in [-0.2, 0) is 6.54 Å². The van der Waals surface area contributed by atoms with Crippen LogP contribution in [0.15, 0.2) is 18.2 Å². The van der Waals surface area contributed by atoms with Gasteiger partial charge in [0.05, 0.1) is 23.7 Å². The lowest BCUT2D eigenvalue weighted by Crippen LogP contribution is -2.22. The van der Waals surface area contributed by atoms with Crippen molar-refractivity contribution < 1.29 is 5.11 Å². The number of aliphatic hydroxyl groups excluding tert-OH is 1. The Morgan fingerprint density at radius 3 is 3.18 bits per heavy atom. The molecule has 1 saturated heterocycles. The van der Waals surface area contributed by atoms with E-state index in [-0.39, 0.29) is 6.10 Å². The minimum atomic E-state index is -0.185. The summed E-state index contributed by atoms with van der Waals surface area (Å²) in [6, 6.07) is 5.67. The highest BCUT2D eigenvalue weighted by Gasteiger charge is 2.20. The molecule has 0 aliphatic carbocycles. The predicted octanol–water partition coefficient (Wildman–Crippen LogP) is 0.712. The van der Waals surface area contributed by atoms with E-state index < -0.39 is 0 Å². The third-order valence-corrected chi connectivity index (χ3v) is 3.18. The maximum Gasteiger partial charge on any atom is 0.121 e. The lowest BCUT2D eigenvalue weighted by molar-refractivity contribution is 0.174. The summed E-state index contributed by atoms with van der Waals surface area (Å²) < 4.78 is 0. The first kappa shape index (κ1) is 10.6. The van der Waals surface area contributed by atoms with Crippen molar-refractivity contribution in [1.29, 1.82) is 0 Å². The van der Waals surface area contributed by atoms with Crippen LogP contribution in [0.25, 0.3) is 11.0 Å². The zero-order chi connectivity index (χ0) is 11.8. The molecule has 0 spiro atoms. The summed E-state index contributed by atoms with van der Waals surface area (Å²) in [5.41, 5.74) is 8.37. The number of nitrogen functional groups attached to an aromatic ring is 1. The first-order valence-corrected chi connectivity index (χ1v) is 5.85. The van der Waals surface area contributed by atoms with Gasteiger partial charge in [0.2, 0.25) is 0 Å². The molecule has 0 bridgehead atoms. The monoisotopic (exact) mass is 232 g/mol. The summed E-state index contributed by atoms with van der Waals surface area (Å²) in [6.45, 7) is 2.42. The van der Waals surface area contributed by atoms with E-state index in [4.69, 9.17) is 5.73 Å². The summed E-state index contributed by atoms with van der Waals surface area (Å²) in [4.78, 5) is 9.97. The number of aromatic nitrogens is 2. The number of aliphatic hydroxyl groups is 1. The molecule has 5 heteroatoms. The predicted molar refractivity (Wildman–Crippen MR) is 66.4 cm³/mol. The average molecular weight is 232 g/mol. The number of β-amino-alcohol motifs (C(OH)–C–C–N with tert-alkyl or cyclic N) is 1. The Labute approximate surface area is 99.3 Å². The molecule has 1 aromatic carbocycles. The van der Waals surface area contributed by atoms with Gasteiger partial charge in [0.15, 0.2) is 0 Å². The van der Waals surface area contributed by atoms with Gasteiger partial charge in [0, 0.05) is 18.8 Å². The minimum absolute atomic E-state index is 0.185. The van der Waals surface area contributed by atoms with Gasteiger partial charge in [-0.1, -0.05) is 0 Å². The molecule has 1 aliphatic rings. The van der Waals surface area contributed by atoms with Crippen LogP contribution in [0, 0.1) is 0 Å².